The Labute approximate surface area is 188 Å². The molecule has 0 aliphatic carbocycles. The Balaban J connectivity index is 1.63. The molecule has 1 amide bonds. The van der Waals surface area contributed by atoms with Crippen molar-refractivity contribution >= 4 is 34.0 Å². The number of nitriles is 1. The average Bonchev–Trinajstić information content (AvgIpc) is 3.41. The van der Waals surface area contributed by atoms with Crippen molar-refractivity contribution in [2.24, 2.45) is 0 Å². The van der Waals surface area contributed by atoms with Gasteiger partial charge in [-0.25, -0.2) is 0 Å². The van der Waals surface area contributed by atoms with Crippen molar-refractivity contribution in [2.45, 2.75) is 19.0 Å². The highest BCUT2D eigenvalue weighted by atomic mass is 32.2. The number of anilines is 1. The molecule has 31 heavy (non-hydrogen) atoms. The maximum Gasteiger partial charge on any atom is 0.235 e. The highest BCUT2D eigenvalue weighted by Gasteiger charge is 2.18. The number of hydrogen-bond acceptors (Lipinski definition) is 6. The third-order valence-electron chi connectivity index (χ3n) is 4.79. The molecule has 0 radical (unpaired) electrons. The normalized spacial score (nSPS) is 10.6. The van der Waals surface area contributed by atoms with Crippen molar-refractivity contribution in [3.8, 4) is 23.1 Å². The first-order chi connectivity index (χ1) is 15.1. The molecule has 4 rings (SSSR count). The Morgan fingerprint density at radius 3 is 2.68 bits per heavy atom. The maximum atomic E-state index is 12.5. The summed E-state index contributed by atoms with van der Waals surface area (Å²) in [5.41, 5.74) is 4.73. The van der Waals surface area contributed by atoms with Crippen molar-refractivity contribution in [1.29, 1.82) is 5.26 Å². The van der Waals surface area contributed by atoms with Crippen LogP contribution >= 0.6 is 23.1 Å². The van der Waals surface area contributed by atoms with Crippen LogP contribution in [-0.4, -0.2) is 26.4 Å². The molecule has 4 aromatic rings. The van der Waals surface area contributed by atoms with Gasteiger partial charge in [0.05, 0.1) is 17.0 Å². The van der Waals surface area contributed by atoms with E-state index in [4.69, 9.17) is 5.26 Å². The van der Waals surface area contributed by atoms with Crippen molar-refractivity contribution in [1.82, 2.24) is 14.8 Å². The van der Waals surface area contributed by atoms with Gasteiger partial charge in [-0.05, 0) is 48.6 Å². The van der Waals surface area contributed by atoms with Gasteiger partial charge in [-0.2, -0.15) is 5.26 Å². The van der Waals surface area contributed by atoms with E-state index < -0.39 is 0 Å². The molecule has 0 aliphatic heterocycles. The van der Waals surface area contributed by atoms with E-state index in [1.54, 1.807) is 11.4 Å². The number of thioether (sulfide) groups is 1. The van der Waals surface area contributed by atoms with Crippen LogP contribution < -0.4 is 5.32 Å². The number of thiophene rings is 1. The summed E-state index contributed by atoms with van der Waals surface area (Å²) in [6.45, 7) is 4.14. The average molecular weight is 446 g/mol. The second-order valence-electron chi connectivity index (χ2n) is 6.89. The highest BCUT2D eigenvalue weighted by molar-refractivity contribution is 7.99. The topological polar surface area (TPSA) is 83.6 Å². The smallest absolute Gasteiger partial charge is 0.235 e. The van der Waals surface area contributed by atoms with Gasteiger partial charge in [0.2, 0.25) is 5.91 Å². The first-order valence-electron chi connectivity index (χ1n) is 9.55. The molecule has 0 spiro atoms. The fourth-order valence-electron chi connectivity index (χ4n) is 3.02. The first kappa shape index (κ1) is 20.8. The first-order valence-corrected chi connectivity index (χ1v) is 11.4. The molecular weight excluding hydrogens is 426 g/mol. The number of aryl methyl sites for hydroxylation is 2. The van der Waals surface area contributed by atoms with E-state index in [0.717, 1.165) is 17.1 Å². The van der Waals surface area contributed by atoms with E-state index in [0.29, 0.717) is 15.7 Å². The molecule has 2 heterocycles. The predicted molar refractivity (Wildman–Crippen MR) is 125 cm³/mol. The molecule has 0 atom stereocenters. The molecule has 2 aromatic carbocycles. The van der Waals surface area contributed by atoms with Crippen molar-refractivity contribution < 1.29 is 4.79 Å². The second kappa shape index (κ2) is 9.16. The summed E-state index contributed by atoms with van der Waals surface area (Å²) in [6.07, 6.45) is 0. The third-order valence-corrected chi connectivity index (χ3v) is 6.54. The van der Waals surface area contributed by atoms with Crippen molar-refractivity contribution in [2.75, 3.05) is 11.1 Å². The summed E-state index contributed by atoms with van der Waals surface area (Å²) in [7, 11) is 0. The second-order valence-corrected chi connectivity index (χ2v) is 8.75. The van der Waals surface area contributed by atoms with E-state index in [-0.39, 0.29) is 11.7 Å². The van der Waals surface area contributed by atoms with E-state index in [1.807, 2.05) is 41.0 Å². The summed E-state index contributed by atoms with van der Waals surface area (Å²) in [6, 6.07) is 19.8. The zero-order valence-electron chi connectivity index (χ0n) is 17.0. The molecule has 0 fully saturated rings. The standard InChI is InChI=1S/C23H19N5OS2/c1-15-8-9-19(12-16(15)2)28-21(17-6-4-3-5-7-17)26-27-23(28)31-14-20(29)25-22-18(13-24)10-11-30-22/h3-12H,14H2,1-2H3,(H,25,29). The number of carbonyl (C=O) groups is 1. The maximum absolute atomic E-state index is 12.5. The number of hydrogen-bond donors (Lipinski definition) is 1. The Bertz CT molecular complexity index is 1270. The summed E-state index contributed by atoms with van der Waals surface area (Å²) >= 11 is 2.64. The minimum atomic E-state index is -0.195. The van der Waals surface area contributed by atoms with Gasteiger partial charge in [-0.15, -0.1) is 21.5 Å². The van der Waals surface area contributed by atoms with Crippen LogP contribution in [0.15, 0.2) is 65.1 Å². The van der Waals surface area contributed by atoms with Gasteiger partial charge in [0.25, 0.3) is 0 Å². The molecule has 8 heteroatoms. The van der Waals surface area contributed by atoms with Crippen LogP contribution in [0.5, 0.6) is 0 Å². The van der Waals surface area contributed by atoms with Crippen LogP contribution in [0.25, 0.3) is 17.1 Å². The molecule has 0 saturated heterocycles. The van der Waals surface area contributed by atoms with Crippen LogP contribution in [0.3, 0.4) is 0 Å². The van der Waals surface area contributed by atoms with Gasteiger partial charge < -0.3 is 5.32 Å². The molecule has 0 saturated carbocycles. The van der Waals surface area contributed by atoms with E-state index in [9.17, 15) is 4.79 Å². The molecule has 0 aliphatic rings. The van der Waals surface area contributed by atoms with Crippen LogP contribution in [0.1, 0.15) is 16.7 Å². The Morgan fingerprint density at radius 1 is 1.13 bits per heavy atom. The van der Waals surface area contributed by atoms with Crippen LogP contribution in [-0.2, 0) is 4.79 Å². The number of aromatic nitrogens is 3. The van der Waals surface area contributed by atoms with Crippen LogP contribution in [0.2, 0.25) is 0 Å². The van der Waals surface area contributed by atoms with Crippen LogP contribution in [0.4, 0.5) is 5.00 Å². The van der Waals surface area contributed by atoms with Crippen molar-refractivity contribution in [3.63, 3.8) is 0 Å². The lowest BCUT2D eigenvalue weighted by Crippen LogP contribution is -2.14. The van der Waals surface area contributed by atoms with Crippen LogP contribution in [0, 0.1) is 25.2 Å². The molecule has 154 valence electrons. The number of rotatable bonds is 6. The SMILES string of the molecule is Cc1ccc(-n2c(SCC(=O)Nc3sccc3C#N)nnc2-c2ccccc2)cc1C. The zero-order valence-corrected chi connectivity index (χ0v) is 18.6. The largest absolute Gasteiger partial charge is 0.316 e. The van der Waals surface area contributed by atoms with Gasteiger partial charge in [0, 0.05) is 5.56 Å². The molecular formula is C23H19N5OS2. The fraction of sp³-hybridized carbons (Fsp3) is 0.130. The molecule has 6 nitrogen and oxygen atoms in total. The van der Waals surface area contributed by atoms with E-state index >= 15 is 0 Å². The summed E-state index contributed by atoms with van der Waals surface area (Å²) in [5, 5.41) is 23.7. The number of nitrogens with zero attached hydrogens (tertiary/aromatic N) is 4. The lowest BCUT2D eigenvalue weighted by molar-refractivity contribution is -0.113. The fourth-order valence-corrected chi connectivity index (χ4v) is 4.53. The zero-order chi connectivity index (χ0) is 21.8. The van der Waals surface area contributed by atoms with Gasteiger partial charge >= 0.3 is 0 Å². The molecule has 0 bridgehead atoms. The minimum Gasteiger partial charge on any atom is -0.316 e. The van der Waals surface area contributed by atoms with Crippen molar-refractivity contribution in [3.05, 3.63) is 76.7 Å². The van der Waals surface area contributed by atoms with Gasteiger partial charge in [0.15, 0.2) is 11.0 Å². The third kappa shape index (κ3) is 4.53. The summed E-state index contributed by atoms with van der Waals surface area (Å²) < 4.78 is 1.98. The number of amides is 1. The quantitative estimate of drug-likeness (QED) is 0.412. The van der Waals surface area contributed by atoms with Gasteiger partial charge in [0.1, 0.15) is 11.1 Å². The Kier molecular flexibility index (Phi) is 6.16. The van der Waals surface area contributed by atoms with Gasteiger partial charge in [-0.3, -0.25) is 9.36 Å². The lowest BCUT2D eigenvalue weighted by Gasteiger charge is -2.12. The number of benzene rings is 2. The summed E-state index contributed by atoms with van der Waals surface area (Å²) in [5.74, 6) is 0.678. The van der Waals surface area contributed by atoms with E-state index in [1.165, 1.54) is 34.2 Å². The predicted octanol–water partition coefficient (Wildman–Crippen LogP) is 5.22. The van der Waals surface area contributed by atoms with Gasteiger partial charge in [-0.1, -0.05) is 48.2 Å². The monoisotopic (exact) mass is 445 g/mol. The number of carbonyl (C=O) groups excluding carboxylic acids is 1. The van der Waals surface area contributed by atoms with E-state index in [2.05, 4.69) is 47.6 Å². The summed E-state index contributed by atoms with van der Waals surface area (Å²) in [4.78, 5) is 12.5. The molecule has 2 aromatic heterocycles. The molecule has 0 unspecified atom stereocenters. The molecule has 1 N–H and O–H groups in total. The Hall–Kier alpha value is -3.41. The number of nitrogens with one attached hydrogen (secondary N) is 1. The Morgan fingerprint density at radius 2 is 1.94 bits per heavy atom. The minimum absolute atomic E-state index is 0.153. The highest BCUT2D eigenvalue weighted by Crippen LogP contribution is 2.29. The lowest BCUT2D eigenvalue weighted by atomic mass is 10.1.